The molecule has 0 radical (unpaired) electrons. The Hall–Kier alpha value is -3.08. The van der Waals surface area contributed by atoms with E-state index in [2.05, 4.69) is 28.4 Å². The zero-order valence-electron chi connectivity index (χ0n) is 12.7. The van der Waals surface area contributed by atoms with Crippen LogP contribution in [0.3, 0.4) is 0 Å². The highest BCUT2D eigenvalue weighted by molar-refractivity contribution is 5.74. The zero-order chi connectivity index (χ0) is 15.6. The van der Waals surface area contributed by atoms with Gasteiger partial charge in [0.1, 0.15) is 5.52 Å². The maximum absolute atomic E-state index is 5.75. The average molecular weight is 304 g/mol. The van der Waals surface area contributed by atoms with Crippen molar-refractivity contribution in [2.45, 2.75) is 13.0 Å². The number of anilines is 1. The molecule has 5 heteroatoms. The number of hydrogen-bond donors (Lipinski definition) is 1. The molecule has 0 saturated carbocycles. The number of nitrogens with one attached hydrogen (secondary N) is 1. The highest BCUT2D eigenvalue weighted by Gasteiger charge is 2.14. The normalized spacial score (nSPS) is 12.4. The lowest BCUT2D eigenvalue weighted by Gasteiger charge is -2.16. The molecule has 0 bridgehead atoms. The first-order valence-corrected chi connectivity index (χ1v) is 7.52. The summed E-state index contributed by atoms with van der Waals surface area (Å²) < 4.78 is 7.61. The molecule has 114 valence electrons. The third-order valence-electron chi connectivity index (χ3n) is 3.79. The molecule has 1 unspecified atom stereocenters. The molecule has 0 saturated heterocycles. The molecule has 1 atom stereocenters. The Kier molecular flexibility index (Phi) is 3.31. The summed E-state index contributed by atoms with van der Waals surface area (Å²) in [5.41, 5.74) is 3.79. The van der Waals surface area contributed by atoms with Gasteiger partial charge in [0.05, 0.1) is 11.7 Å². The Labute approximate surface area is 133 Å². The van der Waals surface area contributed by atoms with Gasteiger partial charge in [-0.25, -0.2) is 4.68 Å². The highest BCUT2D eigenvalue weighted by atomic mass is 16.4. The standard InChI is InChI=1S/C18H16N4O/c1-13(20-18-21-15-8-3-5-10-17(15)23-18)14-7-2-4-9-16(14)22-12-6-11-19-22/h2-13H,1H3,(H,20,21). The number of aromatic nitrogens is 3. The average Bonchev–Trinajstić information content (AvgIpc) is 3.24. The van der Waals surface area contributed by atoms with Gasteiger partial charge >= 0.3 is 0 Å². The molecule has 0 aliphatic carbocycles. The van der Waals surface area contributed by atoms with E-state index in [9.17, 15) is 0 Å². The van der Waals surface area contributed by atoms with E-state index in [1.807, 2.05) is 59.4 Å². The zero-order valence-corrected chi connectivity index (χ0v) is 12.7. The molecule has 2 heterocycles. The van der Waals surface area contributed by atoms with Crippen LogP contribution in [0.25, 0.3) is 16.8 Å². The summed E-state index contributed by atoms with van der Waals surface area (Å²) >= 11 is 0. The number of para-hydroxylation sites is 3. The van der Waals surface area contributed by atoms with Gasteiger partial charge in [-0.3, -0.25) is 0 Å². The lowest BCUT2D eigenvalue weighted by atomic mass is 10.1. The fourth-order valence-corrected chi connectivity index (χ4v) is 2.67. The van der Waals surface area contributed by atoms with Crippen LogP contribution in [0.5, 0.6) is 0 Å². The number of benzene rings is 2. The van der Waals surface area contributed by atoms with E-state index in [0.717, 1.165) is 22.4 Å². The van der Waals surface area contributed by atoms with Crippen molar-refractivity contribution >= 4 is 17.1 Å². The molecule has 4 aromatic rings. The molecule has 4 rings (SSSR count). The second-order valence-electron chi connectivity index (χ2n) is 5.36. The van der Waals surface area contributed by atoms with Crippen LogP contribution in [0.4, 0.5) is 6.01 Å². The fourth-order valence-electron chi connectivity index (χ4n) is 2.67. The van der Waals surface area contributed by atoms with Gasteiger partial charge in [-0.2, -0.15) is 10.1 Å². The summed E-state index contributed by atoms with van der Waals surface area (Å²) in [7, 11) is 0. The van der Waals surface area contributed by atoms with Crippen LogP contribution < -0.4 is 5.32 Å². The first-order valence-electron chi connectivity index (χ1n) is 7.52. The van der Waals surface area contributed by atoms with E-state index >= 15 is 0 Å². The van der Waals surface area contributed by atoms with Crippen molar-refractivity contribution in [2.75, 3.05) is 5.32 Å². The van der Waals surface area contributed by atoms with E-state index in [-0.39, 0.29) is 6.04 Å². The van der Waals surface area contributed by atoms with Crippen LogP contribution in [-0.4, -0.2) is 14.8 Å². The Morgan fingerprint density at radius 2 is 1.87 bits per heavy atom. The van der Waals surface area contributed by atoms with Crippen molar-refractivity contribution in [1.29, 1.82) is 0 Å². The van der Waals surface area contributed by atoms with Crippen LogP contribution in [-0.2, 0) is 0 Å². The largest absolute Gasteiger partial charge is 0.424 e. The molecular formula is C18H16N4O. The monoisotopic (exact) mass is 304 g/mol. The number of fused-ring (bicyclic) bond motifs is 1. The lowest BCUT2D eigenvalue weighted by Crippen LogP contribution is -2.10. The minimum atomic E-state index is 0.0310. The molecule has 0 amide bonds. The van der Waals surface area contributed by atoms with Gasteiger partial charge in [0.15, 0.2) is 5.58 Å². The predicted molar refractivity (Wildman–Crippen MR) is 89.6 cm³/mol. The molecule has 5 nitrogen and oxygen atoms in total. The molecule has 0 spiro atoms. The summed E-state index contributed by atoms with van der Waals surface area (Å²) in [6.07, 6.45) is 3.71. The first-order chi connectivity index (χ1) is 11.3. The van der Waals surface area contributed by atoms with Crippen LogP contribution >= 0.6 is 0 Å². The Bertz CT molecular complexity index is 894. The van der Waals surface area contributed by atoms with Gasteiger partial charge < -0.3 is 9.73 Å². The number of nitrogens with zero attached hydrogens (tertiary/aromatic N) is 3. The van der Waals surface area contributed by atoms with Gasteiger partial charge in [-0.15, -0.1) is 0 Å². The van der Waals surface area contributed by atoms with Crippen molar-refractivity contribution < 1.29 is 4.42 Å². The summed E-state index contributed by atoms with van der Waals surface area (Å²) in [5, 5.41) is 7.65. The number of hydrogen-bond acceptors (Lipinski definition) is 4. The maximum atomic E-state index is 5.75. The van der Waals surface area contributed by atoms with Crippen molar-refractivity contribution in [3.8, 4) is 5.69 Å². The second-order valence-corrected chi connectivity index (χ2v) is 5.36. The molecule has 23 heavy (non-hydrogen) atoms. The van der Waals surface area contributed by atoms with Crippen molar-refractivity contribution in [2.24, 2.45) is 0 Å². The summed E-state index contributed by atoms with van der Waals surface area (Å²) in [6, 6.07) is 18.4. The lowest BCUT2D eigenvalue weighted by molar-refractivity contribution is 0.603. The Balaban J connectivity index is 1.66. The van der Waals surface area contributed by atoms with E-state index < -0.39 is 0 Å². The fraction of sp³-hybridized carbons (Fsp3) is 0.111. The highest BCUT2D eigenvalue weighted by Crippen LogP contribution is 2.26. The smallest absolute Gasteiger partial charge is 0.296 e. The van der Waals surface area contributed by atoms with Crippen LogP contribution in [0, 0.1) is 0 Å². The quantitative estimate of drug-likeness (QED) is 0.614. The third kappa shape index (κ3) is 2.57. The Morgan fingerprint density at radius 3 is 2.70 bits per heavy atom. The van der Waals surface area contributed by atoms with Gasteiger partial charge in [-0.05, 0) is 36.8 Å². The van der Waals surface area contributed by atoms with E-state index in [0.29, 0.717) is 6.01 Å². The summed E-state index contributed by atoms with van der Waals surface area (Å²) in [4.78, 5) is 4.47. The third-order valence-corrected chi connectivity index (χ3v) is 3.79. The molecule has 2 aromatic heterocycles. The molecular weight excluding hydrogens is 288 g/mol. The van der Waals surface area contributed by atoms with E-state index in [1.165, 1.54) is 0 Å². The van der Waals surface area contributed by atoms with Gasteiger partial charge in [0, 0.05) is 12.4 Å². The van der Waals surface area contributed by atoms with Crippen LogP contribution in [0.15, 0.2) is 71.4 Å². The predicted octanol–water partition coefficient (Wildman–Crippen LogP) is 4.19. The summed E-state index contributed by atoms with van der Waals surface area (Å²) in [5.74, 6) is 0. The van der Waals surface area contributed by atoms with Gasteiger partial charge in [0.25, 0.3) is 6.01 Å². The molecule has 0 aliphatic rings. The van der Waals surface area contributed by atoms with Crippen molar-refractivity contribution in [3.63, 3.8) is 0 Å². The summed E-state index contributed by atoms with van der Waals surface area (Å²) in [6.45, 7) is 2.08. The molecule has 2 aromatic carbocycles. The topological polar surface area (TPSA) is 55.9 Å². The minimum absolute atomic E-state index is 0.0310. The Morgan fingerprint density at radius 1 is 1.04 bits per heavy atom. The van der Waals surface area contributed by atoms with Gasteiger partial charge in [-0.1, -0.05) is 30.3 Å². The van der Waals surface area contributed by atoms with Gasteiger partial charge in [0.2, 0.25) is 0 Å². The molecule has 1 N–H and O–H groups in total. The van der Waals surface area contributed by atoms with Crippen molar-refractivity contribution in [3.05, 3.63) is 72.6 Å². The first kappa shape index (κ1) is 13.6. The SMILES string of the molecule is CC(Nc1nc2ccccc2o1)c1ccccc1-n1cccn1. The second kappa shape index (κ2) is 5.61. The molecule has 0 aliphatic heterocycles. The van der Waals surface area contributed by atoms with Crippen LogP contribution in [0.2, 0.25) is 0 Å². The number of rotatable bonds is 4. The van der Waals surface area contributed by atoms with Crippen molar-refractivity contribution in [1.82, 2.24) is 14.8 Å². The molecule has 0 fully saturated rings. The van der Waals surface area contributed by atoms with E-state index in [1.54, 1.807) is 6.20 Å². The van der Waals surface area contributed by atoms with Crippen LogP contribution in [0.1, 0.15) is 18.5 Å². The van der Waals surface area contributed by atoms with E-state index in [4.69, 9.17) is 4.42 Å². The minimum Gasteiger partial charge on any atom is -0.424 e. The maximum Gasteiger partial charge on any atom is 0.296 e. The number of oxazole rings is 1.